The molecule has 1 amide bonds. The van der Waals surface area contributed by atoms with Gasteiger partial charge in [0.05, 0.1) is 18.0 Å². The highest BCUT2D eigenvalue weighted by Crippen LogP contribution is 2.27. The molecule has 4 nitrogen and oxygen atoms in total. The number of thioether (sulfide) groups is 1. The Morgan fingerprint density at radius 1 is 1.33 bits per heavy atom. The van der Waals surface area contributed by atoms with Crippen LogP contribution >= 0.6 is 11.8 Å². The van der Waals surface area contributed by atoms with Crippen LogP contribution in [-0.4, -0.2) is 11.7 Å². The zero-order valence-electron chi connectivity index (χ0n) is 11.3. The quantitative estimate of drug-likeness (QED) is 0.498. The van der Waals surface area contributed by atoms with Crippen molar-refractivity contribution in [1.29, 1.82) is 5.26 Å². The molecule has 5 heteroatoms. The van der Waals surface area contributed by atoms with Gasteiger partial charge in [-0.05, 0) is 30.3 Å². The van der Waals surface area contributed by atoms with E-state index in [4.69, 9.17) is 9.68 Å². The van der Waals surface area contributed by atoms with Crippen LogP contribution in [0, 0.1) is 11.3 Å². The van der Waals surface area contributed by atoms with Gasteiger partial charge < -0.3 is 9.73 Å². The summed E-state index contributed by atoms with van der Waals surface area (Å²) in [5.74, 6) is 1.10. The van der Waals surface area contributed by atoms with Crippen molar-refractivity contribution in [3.8, 4) is 6.07 Å². The summed E-state index contributed by atoms with van der Waals surface area (Å²) in [5.41, 5.74) is 0.745. The lowest BCUT2D eigenvalue weighted by Gasteiger charge is -2.08. The summed E-state index contributed by atoms with van der Waals surface area (Å²) in [5, 5.41) is 11.4. The van der Waals surface area contributed by atoms with E-state index < -0.39 is 0 Å². The molecular formula is C16H14N2O2S. The molecule has 0 atom stereocenters. The number of nitrogens with zero attached hydrogens (tertiary/aromatic N) is 1. The van der Waals surface area contributed by atoms with E-state index >= 15 is 0 Å². The Hall–Kier alpha value is -2.45. The Balaban J connectivity index is 1.98. The third-order valence-electron chi connectivity index (χ3n) is 2.56. The van der Waals surface area contributed by atoms with Crippen molar-refractivity contribution in [1.82, 2.24) is 0 Å². The topological polar surface area (TPSA) is 66.0 Å². The highest BCUT2D eigenvalue weighted by atomic mass is 32.2. The summed E-state index contributed by atoms with van der Waals surface area (Å²) in [6, 6.07) is 13.2. The minimum Gasteiger partial charge on any atom is -0.465 e. The van der Waals surface area contributed by atoms with Crippen LogP contribution < -0.4 is 5.32 Å². The largest absolute Gasteiger partial charge is 0.465 e. The molecule has 0 fully saturated rings. The molecule has 1 N–H and O–H groups in total. The van der Waals surface area contributed by atoms with Crippen molar-refractivity contribution in [2.24, 2.45) is 0 Å². The van der Waals surface area contributed by atoms with Gasteiger partial charge in [0.1, 0.15) is 5.76 Å². The molecule has 2 aromatic rings. The van der Waals surface area contributed by atoms with E-state index in [0.717, 1.165) is 10.6 Å². The van der Waals surface area contributed by atoms with Crippen LogP contribution in [0.25, 0.3) is 6.08 Å². The van der Waals surface area contributed by atoms with Crippen molar-refractivity contribution < 1.29 is 9.21 Å². The number of anilines is 1. The lowest BCUT2D eigenvalue weighted by Crippen LogP contribution is -2.08. The number of nitrogens with one attached hydrogen (secondary N) is 1. The van der Waals surface area contributed by atoms with E-state index in [0.29, 0.717) is 17.9 Å². The summed E-state index contributed by atoms with van der Waals surface area (Å²) < 4.78 is 5.12. The number of benzene rings is 1. The van der Waals surface area contributed by atoms with E-state index in [1.807, 2.05) is 24.3 Å². The molecule has 0 saturated heterocycles. The first-order valence-corrected chi connectivity index (χ1v) is 7.39. The fraction of sp³-hybridized carbons (Fsp3) is 0.125. The van der Waals surface area contributed by atoms with Gasteiger partial charge in [0, 0.05) is 23.1 Å². The summed E-state index contributed by atoms with van der Waals surface area (Å²) in [6.07, 6.45) is 5.07. The van der Waals surface area contributed by atoms with Crippen molar-refractivity contribution >= 4 is 29.4 Å². The first kappa shape index (κ1) is 14.9. The number of carbonyl (C=O) groups excluding carboxylic acids is 1. The molecule has 0 spiro atoms. The number of amides is 1. The zero-order chi connectivity index (χ0) is 14.9. The first-order chi connectivity index (χ1) is 10.3. The molecule has 0 unspecified atom stereocenters. The van der Waals surface area contributed by atoms with Crippen molar-refractivity contribution in [3.63, 3.8) is 0 Å². The average Bonchev–Trinajstić information content (AvgIpc) is 3.00. The van der Waals surface area contributed by atoms with Crippen LogP contribution in [0.3, 0.4) is 0 Å². The molecule has 21 heavy (non-hydrogen) atoms. The van der Waals surface area contributed by atoms with E-state index in [9.17, 15) is 4.79 Å². The molecule has 0 aliphatic heterocycles. The van der Waals surface area contributed by atoms with E-state index in [1.165, 1.54) is 6.08 Å². The second-order valence-corrected chi connectivity index (χ2v) is 5.23. The molecule has 0 saturated carbocycles. The summed E-state index contributed by atoms with van der Waals surface area (Å²) in [4.78, 5) is 12.8. The number of rotatable bonds is 6. The monoisotopic (exact) mass is 298 g/mol. The Kier molecular flexibility index (Phi) is 5.68. The van der Waals surface area contributed by atoms with Gasteiger partial charge in [0.25, 0.3) is 0 Å². The van der Waals surface area contributed by atoms with Crippen LogP contribution in [0.15, 0.2) is 58.1 Å². The first-order valence-electron chi connectivity index (χ1n) is 6.41. The molecule has 2 rings (SSSR count). The molecule has 1 aromatic carbocycles. The molecular weight excluding hydrogens is 284 g/mol. The van der Waals surface area contributed by atoms with Gasteiger partial charge in [0.2, 0.25) is 5.91 Å². The maximum absolute atomic E-state index is 11.9. The van der Waals surface area contributed by atoms with Crippen LogP contribution in [0.1, 0.15) is 12.2 Å². The van der Waals surface area contributed by atoms with E-state index in [2.05, 4.69) is 11.4 Å². The van der Waals surface area contributed by atoms with Crippen molar-refractivity contribution in [2.45, 2.75) is 11.3 Å². The van der Waals surface area contributed by atoms with Crippen LogP contribution in [-0.2, 0) is 4.79 Å². The number of furan rings is 1. The normalized spacial score (nSPS) is 10.4. The van der Waals surface area contributed by atoms with Gasteiger partial charge in [-0.2, -0.15) is 5.26 Å². The number of hydrogen-bond acceptors (Lipinski definition) is 4. The van der Waals surface area contributed by atoms with Gasteiger partial charge in [-0.1, -0.05) is 12.1 Å². The highest BCUT2D eigenvalue weighted by molar-refractivity contribution is 7.99. The molecule has 1 heterocycles. The van der Waals surface area contributed by atoms with Crippen LogP contribution in [0.5, 0.6) is 0 Å². The number of carbonyl (C=O) groups is 1. The minimum atomic E-state index is -0.222. The Bertz CT molecular complexity index is 657. The fourth-order valence-electron chi connectivity index (χ4n) is 1.62. The summed E-state index contributed by atoms with van der Waals surface area (Å²) in [6.45, 7) is 0. The Labute approximate surface area is 127 Å². The zero-order valence-corrected chi connectivity index (χ0v) is 12.1. The molecule has 0 aliphatic rings. The predicted octanol–water partition coefficient (Wildman–Crippen LogP) is 3.94. The minimum absolute atomic E-state index is 0.222. The number of hydrogen-bond donors (Lipinski definition) is 1. The number of nitriles is 1. The summed E-state index contributed by atoms with van der Waals surface area (Å²) in [7, 11) is 0. The van der Waals surface area contributed by atoms with Gasteiger partial charge in [-0.15, -0.1) is 11.8 Å². The molecule has 0 radical (unpaired) electrons. The second-order valence-electron chi connectivity index (χ2n) is 4.09. The third-order valence-corrected chi connectivity index (χ3v) is 3.63. The van der Waals surface area contributed by atoms with Gasteiger partial charge >= 0.3 is 0 Å². The molecule has 1 aromatic heterocycles. The molecule has 0 aliphatic carbocycles. The Morgan fingerprint density at radius 2 is 2.19 bits per heavy atom. The van der Waals surface area contributed by atoms with Gasteiger partial charge in [-0.25, -0.2) is 0 Å². The van der Waals surface area contributed by atoms with E-state index in [-0.39, 0.29) is 5.91 Å². The molecule has 106 valence electrons. The van der Waals surface area contributed by atoms with Crippen LogP contribution in [0.2, 0.25) is 0 Å². The standard InChI is InChI=1S/C16H14N2O2S/c17-10-4-12-21-15-7-2-1-6-14(15)18-16(19)9-8-13-5-3-11-20-13/h1-3,5-9,11H,4,12H2,(H,18,19). The SMILES string of the molecule is N#CCCSc1ccccc1NC(=O)C=Cc1ccco1. The van der Waals surface area contributed by atoms with Crippen molar-refractivity contribution in [3.05, 3.63) is 54.5 Å². The third kappa shape index (κ3) is 4.86. The predicted molar refractivity (Wildman–Crippen MR) is 83.8 cm³/mol. The maximum Gasteiger partial charge on any atom is 0.248 e. The average molecular weight is 298 g/mol. The smallest absolute Gasteiger partial charge is 0.248 e. The lowest BCUT2D eigenvalue weighted by atomic mass is 10.3. The highest BCUT2D eigenvalue weighted by Gasteiger charge is 2.04. The van der Waals surface area contributed by atoms with Gasteiger partial charge in [0.15, 0.2) is 0 Å². The number of para-hydroxylation sites is 1. The fourth-order valence-corrected chi connectivity index (χ4v) is 2.48. The summed E-state index contributed by atoms with van der Waals surface area (Å²) >= 11 is 1.55. The van der Waals surface area contributed by atoms with Gasteiger partial charge in [-0.3, -0.25) is 4.79 Å². The second kappa shape index (κ2) is 7.98. The lowest BCUT2D eigenvalue weighted by molar-refractivity contribution is -0.111. The van der Waals surface area contributed by atoms with Crippen molar-refractivity contribution in [2.75, 3.05) is 11.1 Å². The molecule has 0 bridgehead atoms. The van der Waals surface area contributed by atoms with Crippen LogP contribution in [0.4, 0.5) is 5.69 Å². The van der Waals surface area contributed by atoms with E-state index in [1.54, 1.807) is 36.2 Å². The Morgan fingerprint density at radius 3 is 2.95 bits per heavy atom. The maximum atomic E-state index is 11.9.